The summed E-state index contributed by atoms with van der Waals surface area (Å²) in [6.07, 6.45) is 12.2. The number of aromatic nitrogens is 3. The van der Waals surface area contributed by atoms with Crippen LogP contribution in [0, 0.1) is 24.0 Å². The van der Waals surface area contributed by atoms with Crippen molar-refractivity contribution >= 4 is 33.4 Å². The molecule has 1 N–H and O–H groups in total. The third-order valence-electron chi connectivity index (χ3n) is 9.95. The van der Waals surface area contributed by atoms with Crippen LogP contribution in [-0.2, 0) is 4.79 Å². The van der Waals surface area contributed by atoms with Crippen molar-refractivity contribution in [3.8, 4) is 35.4 Å². The second-order valence-corrected chi connectivity index (χ2v) is 12.7. The second kappa shape index (κ2) is 11.2. The highest BCUT2D eigenvalue weighted by Gasteiger charge is 2.43. The van der Waals surface area contributed by atoms with Crippen molar-refractivity contribution in [2.45, 2.75) is 50.2 Å². The van der Waals surface area contributed by atoms with Crippen molar-refractivity contribution in [3.63, 3.8) is 0 Å². The third-order valence-corrected chi connectivity index (χ3v) is 9.95. The van der Waals surface area contributed by atoms with Gasteiger partial charge in [0.05, 0.1) is 16.5 Å². The van der Waals surface area contributed by atoms with E-state index in [-0.39, 0.29) is 63.0 Å². The summed E-state index contributed by atoms with van der Waals surface area (Å²) in [4.78, 5) is 32.6. The topological polar surface area (TPSA) is 94.9 Å². The summed E-state index contributed by atoms with van der Waals surface area (Å²) in [6.45, 7) is 8.03. The maximum Gasteiger partial charge on any atom is 0.319 e. The molecular weight excluding hydrogens is 590 g/mol. The molecule has 3 aliphatic rings. The van der Waals surface area contributed by atoms with Crippen LogP contribution in [0.2, 0.25) is 0 Å². The van der Waals surface area contributed by atoms with Gasteiger partial charge in [0.2, 0.25) is 5.91 Å². The Hall–Kier alpha value is -4.82. The van der Waals surface area contributed by atoms with Crippen LogP contribution >= 0.6 is 0 Å². The van der Waals surface area contributed by atoms with Crippen molar-refractivity contribution in [1.82, 2.24) is 24.8 Å². The molecule has 0 aliphatic carbocycles. The Bertz CT molecular complexity index is 1950. The quantitative estimate of drug-likeness (QED) is 0.236. The van der Waals surface area contributed by atoms with E-state index in [1.165, 1.54) is 36.5 Å². The molecule has 2 aromatic carbocycles. The smallest absolute Gasteiger partial charge is 0.319 e. The summed E-state index contributed by atoms with van der Waals surface area (Å²) in [6, 6.07) is 5.39. The van der Waals surface area contributed by atoms with Crippen LogP contribution < -0.4 is 9.64 Å². The van der Waals surface area contributed by atoms with Gasteiger partial charge in [0.25, 0.3) is 0 Å². The normalized spacial score (nSPS) is 22.8. The molecule has 3 fully saturated rings. The van der Waals surface area contributed by atoms with E-state index >= 15 is 4.39 Å². The number of nitrogens with zero attached hydrogens (tertiary/aromatic N) is 6. The molecule has 9 nitrogen and oxygen atoms in total. The van der Waals surface area contributed by atoms with E-state index in [1.54, 1.807) is 0 Å². The van der Waals surface area contributed by atoms with Gasteiger partial charge < -0.3 is 19.6 Å². The number of carbonyl (C=O) groups excluding carboxylic acids is 1. The molecule has 0 saturated carbocycles. The van der Waals surface area contributed by atoms with Gasteiger partial charge >= 0.3 is 6.01 Å². The number of terminal acetylenes is 1. The van der Waals surface area contributed by atoms with Crippen LogP contribution in [0.25, 0.3) is 32.9 Å². The van der Waals surface area contributed by atoms with E-state index in [9.17, 15) is 14.3 Å². The molecule has 0 spiro atoms. The highest BCUT2D eigenvalue weighted by Crippen LogP contribution is 2.40. The fourth-order valence-corrected chi connectivity index (χ4v) is 7.37. The molecule has 1 unspecified atom stereocenters. The molecule has 236 valence electrons. The standard InChI is InChI=1S/C35H34F2N6O3/c1-5-24-27(36)11-8-20-14-23(44)15-25(29(20)24)31-30(37)32-26(16-38-31)33(40-34(39-32)46-19-35(3)12-7-13-41(35)4)42-17-21-9-10-22(18-42)43(21)28(45)6-2/h1,6,8,11,14-16,21-22,44H,2,7,9-10,12-13,17-19H2,3-4H3/t21-,22+,35?. The number of benzene rings is 2. The fraction of sp³-hybridized carbons (Fsp3) is 0.371. The molecule has 3 atom stereocenters. The van der Waals surface area contributed by atoms with Crippen LogP contribution in [0.3, 0.4) is 0 Å². The summed E-state index contributed by atoms with van der Waals surface area (Å²) in [7, 11) is 2.05. The fourth-order valence-electron chi connectivity index (χ4n) is 7.37. The number of likely N-dealkylation sites (tertiary alicyclic amines) is 1. The van der Waals surface area contributed by atoms with Gasteiger partial charge in [-0.25, -0.2) is 8.78 Å². The van der Waals surface area contributed by atoms with E-state index in [2.05, 4.69) is 34.3 Å². The first-order valence-corrected chi connectivity index (χ1v) is 15.4. The Morgan fingerprint density at radius 2 is 2.00 bits per heavy atom. The zero-order chi connectivity index (χ0) is 32.3. The number of piperazine rings is 1. The largest absolute Gasteiger partial charge is 0.508 e. The Morgan fingerprint density at radius 3 is 2.67 bits per heavy atom. The minimum absolute atomic E-state index is 0.0214. The van der Waals surface area contributed by atoms with Gasteiger partial charge in [0.1, 0.15) is 35.2 Å². The molecular formula is C35H34F2N6O3. The van der Waals surface area contributed by atoms with Crippen molar-refractivity contribution in [3.05, 3.63) is 60.3 Å². The number of hydrogen-bond donors (Lipinski definition) is 1. The molecule has 2 aromatic heterocycles. The minimum Gasteiger partial charge on any atom is -0.508 e. The number of ether oxygens (including phenoxy) is 1. The summed E-state index contributed by atoms with van der Waals surface area (Å²) in [5.41, 5.74) is -0.319. The average Bonchev–Trinajstić information content (AvgIpc) is 3.52. The zero-order valence-corrected chi connectivity index (χ0v) is 25.8. The summed E-state index contributed by atoms with van der Waals surface area (Å²) in [5.74, 6) is 1.16. The number of carbonyl (C=O) groups is 1. The molecule has 2 bridgehead atoms. The van der Waals surface area contributed by atoms with Gasteiger partial charge in [0.15, 0.2) is 5.82 Å². The lowest BCUT2D eigenvalue weighted by molar-refractivity contribution is -0.129. The van der Waals surface area contributed by atoms with E-state index in [0.29, 0.717) is 36.3 Å². The van der Waals surface area contributed by atoms with Gasteiger partial charge in [-0.3, -0.25) is 14.7 Å². The van der Waals surface area contributed by atoms with E-state index in [0.717, 1.165) is 32.2 Å². The van der Waals surface area contributed by atoms with E-state index in [4.69, 9.17) is 16.1 Å². The minimum atomic E-state index is -0.780. The first-order chi connectivity index (χ1) is 22.1. The van der Waals surface area contributed by atoms with Gasteiger partial charge in [-0.2, -0.15) is 9.97 Å². The first-order valence-electron chi connectivity index (χ1n) is 15.4. The Balaban J connectivity index is 1.38. The number of phenols is 1. The number of anilines is 1. The number of amides is 1. The summed E-state index contributed by atoms with van der Waals surface area (Å²) in [5, 5.41) is 11.6. The number of phenolic OH excluding ortho intramolecular Hbond substituents is 1. The number of hydrogen-bond acceptors (Lipinski definition) is 8. The zero-order valence-electron chi connectivity index (χ0n) is 25.8. The second-order valence-electron chi connectivity index (χ2n) is 12.7. The lowest BCUT2D eigenvalue weighted by Gasteiger charge is -2.41. The molecule has 5 heterocycles. The van der Waals surface area contributed by atoms with Gasteiger partial charge in [0, 0.05) is 42.3 Å². The number of aromatic hydroxyl groups is 1. The monoisotopic (exact) mass is 624 g/mol. The van der Waals surface area contributed by atoms with Gasteiger partial charge in [-0.05, 0) is 75.9 Å². The maximum atomic E-state index is 16.8. The molecule has 0 radical (unpaired) electrons. The highest BCUT2D eigenvalue weighted by atomic mass is 19.1. The highest BCUT2D eigenvalue weighted by molar-refractivity contribution is 6.03. The van der Waals surface area contributed by atoms with Crippen molar-refractivity contribution in [1.29, 1.82) is 0 Å². The van der Waals surface area contributed by atoms with Crippen LogP contribution in [-0.4, -0.2) is 86.7 Å². The van der Waals surface area contributed by atoms with Crippen molar-refractivity contribution in [2.24, 2.45) is 0 Å². The predicted octanol–water partition coefficient (Wildman–Crippen LogP) is 5.04. The SMILES string of the molecule is C#Cc1c(F)ccc2cc(O)cc(-c3ncc4c(N5C[C@H]6CC[C@@H](C5)N6C(=O)C=C)nc(OCC5(C)CCCN5C)nc4c3F)c12. The van der Waals surface area contributed by atoms with Crippen LogP contribution in [0.1, 0.15) is 38.2 Å². The molecule has 3 aliphatic heterocycles. The number of likely N-dealkylation sites (N-methyl/N-ethyl adjacent to an activating group) is 1. The predicted molar refractivity (Wildman–Crippen MR) is 172 cm³/mol. The third kappa shape index (κ3) is 4.79. The number of rotatable bonds is 6. The molecule has 3 saturated heterocycles. The lowest BCUT2D eigenvalue weighted by atomic mass is 9.96. The number of fused-ring (bicyclic) bond motifs is 4. The lowest BCUT2D eigenvalue weighted by Crippen LogP contribution is -2.55. The number of pyridine rings is 1. The van der Waals surface area contributed by atoms with E-state index < -0.39 is 11.6 Å². The van der Waals surface area contributed by atoms with Crippen LogP contribution in [0.4, 0.5) is 14.6 Å². The van der Waals surface area contributed by atoms with Crippen LogP contribution in [0.15, 0.2) is 43.1 Å². The molecule has 46 heavy (non-hydrogen) atoms. The molecule has 4 aromatic rings. The van der Waals surface area contributed by atoms with E-state index in [1.807, 2.05) is 16.8 Å². The summed E-state index contributed by atoms with van der Waals surface area (Å²) >= 11 is 0. The molecule has 7 rings (SSSR count). The van der Waals surface area contributed by atoms with Crippen molar-refractivity contribution < 1.29 is 23.4 Å². The summed E-state index contributed by atoms with van der Waals surface area (Å²) < 4.78 is 37.9. The van der Waals surface area contributed by atoms with Gasteiger partial charge in [-0.15, -0.1) is 6.42 Å². The Labute approximate surface area is 265 Å². The first kappa shape index (κ1) is 29.9. The van der Waals surface area contributed by atoms with Gasteiger partial charge in [-0.1, -0.05) is 18.6 Å². The Kier molecular flexibility index (Phi) is 7.28. The molecule has 1 amide bonds. The maximum absolute atomic E-state index is 16.8. The average molecular weight is 625 g/mol. The van der Waals surface area contributed by atoms with Crippen LogP contribution in [0.5, 0.6) is 11.8 Å². The Morgan fingerprint density at radius 1 is 1.24 bits per heavy atom. The number of halogens is 2. The molecule has 11 heteroatoms. The van der Waals surface area contributed by atoms with Crippen molar-refractivity contribution in [2.75, 3.05) is 38.2 Å².